The van der Waals surface area contributed by atoms with Crippen molar-refractivity contribution < 1.29 is 13.9 Å². The van der Waals surface area contributed by atoms with Gasteiger partial charge in [-0.25, -0.2) is 18.9 Å². The van der Waals surface area contributed by atoms with E-state index in [0.29, 0.717) is 34.2 Å². The molecule has 0 radical (unpaired) electrons. The van der Waals surface area contributed by atoms with Crippen LogP contribution >= 0.6 is 0 Å². The zero-order chi connectivity index (χ0) is 24.3. The number of fused-ring (bicyclic) bond motifs is 2. The first kappa shape index (κ1) is 22.2. The Hall–Kier alpha value is -3.24. The summed E-state index contributed by atoms with van der Waals surface area (Å²) in [5.74, 6) is 0.839. The quantitative estimate of drug-likeness (QED) is 0.469. The van der Waals surface area contributed by atoms with E-state index in [1.165, 1.54) is 6.33 Å². The summed E-state index contributed by atoms with van der Waals surface area (Å²) >= 11 is 0. The lowest BCUT2D eigenvalue weighted by Gasteiger charge is -2.46. The average Bonchev–Trinajstić information content (AvgIpc) is 3.43. The molecule has 0 saturated carbocycles. The van der Waals surface area contributed by atoms with E-state index in [2.05, 4.69) is 50.6 Å². The molecule has 6 rings (SSSR count). The fourth-order valence-electron chi connectivity index (χ4n) is 5.42. The third-order valence-corrected chi connectivity index (χ3v) is 7.29. The maximum atomic E-state index is 16.2. The average molecular weight is 480 g/mol. The highest BCUT2D eigenvalue weighted by molar-refractivity contribution is 5.93. The predicted molar refractivity (Wildman–Crippen MR) is 132 cm³/mol. The largest absolute Gasteiger partial charge is 0.493 e. The topological polar surface area (TPSA) is 83.8 Å². The van der Waals surface area contributed by atoms with Gasteiger partial charge in [0.2, 0.25) is 0 Å². The SMILES string of the molecule is COc1cc(-c2[nH]c3cnc(N4CCN(C5COC5)CC4C)c(F)c3c2C(C)C)cn2ncnc12. The number of ether oxygens (including phenoxy) is 2. The maximum Gasteiger partial charge on any atom is 0.197 e. The lowest BCUT2D eigenvalue weighted by Crippen LogP contribution is -2.59. The van der Waals surface area contributed by atoms with Crippen LogP contribution < -0.4 is 9.64 Å². The number of halogens is 1. The Morgan fingerprint density at radius 3 is 2.74 bits per heavy atom. The van der Waals surface area contributed by atoms with Gasteiger partial charge in [-0.05, 0) is 24.5 Å². The number of anilines is 1. The van der Waals surface area contributed by atoms with E-state index in [1.54, 1.807) is 17.8 Å². The lowest BCUT2D eigenvalue weighted by atomic mass is 9.96. The van der Waals surface area contributed by atoms with Gasteiger partial charge in [0.25, 0.3) is 0 Å². The number of hydrogen-bond acceptors (Lipinski definition) is 7. The van der Waals surface area contributed by atoms with Crippen LogP contribution in [0.2, 0.25) is 0 Å². The van der Waals surface area contributed by atoms with Crippen LogP contribution in [0.5, 0.6) is 5.75 Å². The van der Waals surface area contributed by atoms with E-state index in [0.717, 1.165) is 49.7 Å². The van der Waals surface area contributed by atoms with E-state index in [4.69, 9.17) is 9.47 Å². The molecule has 1 atom stereocenters. The number of hydrogen-bond donors (Lipinski definition) is 1. The fourth-order valence-corrected chi connectivity index (χ4v) is 5.42. The standard InChI is InChI=1S/C25H30FN7O2/c1-14(2)20-21-18(30-23(20)16-7-19(34-4)24-28-13-29-33(24)10-16)8-27-25(22(21)26)32-6-5-31(9-15(32)3)17-11-35-12-17/h7-8,10,13-15,17,30H,5-6,9,11-12H2,1-4H3. The fraction of sp³-hybridized carbons (Fsp3) is 0.480. The van der Waals surface area contributed by atoms with Gasteiger partial charge in [0.15, 0.2) is 23.0 Å². The second kappa shape index (κ2) is 8.46. The Kier molecular flexibility index (Phi) is 5.37. The Morgan fingerprint density at radius 1 is 1.23 bits per heavy atom. The molecule has 184 valence electrons. The molecule has 1 N–H and O–H groups in total. The molecule has 4 aromatic heterocycles. The first-order valence-electron chi connectivity index (χ1n) is 12.1. The minimum Gasteiger partial charge on any atom is -0.493 e. The van der Waals surface area contributed by atoms with Crippen LogP contribution in [-0.4, -0.2) is 81.5 Å². The Labute approximate surface area is 202 Å². The first-order valence-corrected chi connectivity index (χ1v) is 12.1. The van der Waals surface area contributed by atoms with Crippen molar-refractivity contribution >= 4 is 22.4 Å². The molecule has 0 aliphatic carbocycles. The number of aromatic amines is 1. The minimum absolute atomic E-state index is 0.0776. The van der Waals surface area contributed by atoms with Crippen molar-refractivity contribution in [1.29, 1.82) is 0 Å². The van der Waals surface area contributed by atoms with Crippen molar-refractivity contribution in [2.45, 2.75) is 38.8 Å². The number of nitrogens with one attached hydrogen (secondary N) is 1. The Morgan fingerprint density at radius 2 is 2.06 bits per heavy atom. The molecule has 0 bridgehead atoms. The number of H-pyrrole nitrogens is 1. The summed E-state index contributed by atoms with van der Waals surface area (Å²) in [6.07, 6.45) is 5.14. The van der Waals surface area contributed by atoms with Crippen LogP contribution in [0.4, 0.5) is 10.2 Å². The number of pyridine rings is 2. The molecule has 0 spiro atoms. The van der Waals surface area contributed by atoms with Crippen molar-refractivity contribution in [2.75, 3.05) is 44.9 Å². The lowest BCUT2D eigenvalue weighted by molar-refractivity contribution is -0.0692. The van der Waals surface area contributed by atoms with Gasteiger partial charge in [0.1, 0.15) is 6.33 Å². The van der Waals surface area contributed by atoms with Gasteiger partial charge in [-0.2, -0.15) is 5.10 Å². The molecule has 2 fully saturated rings. The van der Waals surface area contributed by atoms with E-state index < -0.39 is 0 Å². The summed E-state index contributed by atoms with van der Waals surface area (Å²) < 4.78 is 28.8. The molecule has 6 heterocycles. The molecule has 4 aromatic rings. The van der Waals surface area contributed by atoms with Crippen LogP contribution in [-0.2, 0) is 4.74 Å². The molecule has 2 aliphatic heterocycles. The molecule has 35 heavy (non-hydrogen) atoms. The van der Waals surface area contributed by atoms with Gasteiger partial charge < -0.3 is 19.4 Å². The predicted octanol–water partition coefficient (Wildman–Crippen LogP) is 3.45. The number of piperazine rings is 1. The number of rotatable bonds is 5. The highest BCUT2D eigenvalue weighted by atomic mass is 19.1. The van der Waals surface area contributed by atoms with E-state index in [9.17, 15) is 0 Å². The molecule has 2 aliphatic rings. The zero-order valence-electron chi connectivity index (χ0n) is 20.5. The van der Waals surface area contributed by atoms with E-state index in [1.807, 2.05) is 12.3 Å². The molecule has 2 saturated heterocycles. The second-order valence-electron chi connectivity index (χ2n) is 9.81. The first-order chi connectivity index (χ1) is 17.0. The summed E-state index contributed by atoms with van der Waals surface area (Å²) in [6, 6.07) is 2.56. The third-order valence-electron chi connectivity index (χ3n) is 7.29. The third kappa shape index (κ3) is 3.54. The van der Waals surface area contributed by atoms with E-state index >= 15 is 4.39 Å². The molecular weight excluding hydrogens is 449 g/mol. The van der Waals surface area contributed by atoms with Crippen LogP contribution in [0.15, 0.2) is 24.8 Å². The van der Waals surface area contributed by atoms with Gasteiger partial charge in [-0.15, -0.1) is 0 Å². The van der Waals surface area contributed by atoms with Crippen LogP contribution in [0.25, 0.3) is 27.8 Å². The van der Waals surface area contributed by atoms with Crippen molar-refractivity contribution in [3.05, 3.63) is 36.2 Å². The number of nitrogens with zero attached hydrogens (tertiary/aromatic N) is 6. The molecule has 1 unspecified atom stereocenters. The Bertz CT molecular complexity index is 1390. The van der Waals surface area contributed by atoms with E-state index in [-0.39, 0.29) is 17.8 Å². The summed E-state index contributed by atoms with van der Waals surface area (Å²) in [7, 11) is 1.61. The highest BCUT2D eigenvalue weighted by Gasteiger charge is 2.34. The van der Waals surface area contributed by atoms with Gasteiger partial charge in [0.05, 0.1) is 43.8 Å². The normalized spacial score (nSPS) is 19.7. The van der Waals surface area contributed by atoms with Gasteiger partial charge in [0, 0.05) is 42.8 Å². The Balaban J connectivity index is 1.44. The van der Waals surface area contributed by atoms with Gasteiger partial charge >= 0.3 is 0 Å². The van der Waals surface area contributed by atoms with Crippen LogP contribution in [0.3, 0.4) is 0 Å². The van der Waals surface area contributed by atoms with Gasteiger partial charge in [-0.3, -0.25) is 4.90 Å². The monoisotopic (exact) mass is 479 g/mol. The van der Waals surface area contributed by atoms with Crippen LogP contribution in [0, 0.1) is 5.82 Å². The summed E-state index contributed by atoms with van der Waals surface area (Å²) in [5.41, 5.74) is 3.92. The summed E-state index contributed by atoms with van der Waals surface area (Å²) in [6.45, 7) is 10.4. The zero-order valence-corrected chi connectivity index (χ0v) is 20.5. The van der Waals surface area contributed by atoms with Crippen molar-refractivity contribution in [3.8, 4) is 17.0 Å². The maximum absolute atomic E-state index is 16.2. The number of methoxy groups -OCH3 is 1. The summed E-state index contributed by atoms with van der Waals surface area (Å²) in [5, 5.41) is 4.88. The smallest absolute Gasteiger partial charge is 0.197 e. The minimum atomic E-state index is -0.269. The molecule has 9 nitrogen and oxygen atoms in total. The number of aromatic nitrogens is 5. The van der Waals surface area contributed by atoms with Crippen LogP contribution in [0.1, 0.15) is 32.3 Å². The highest BCUT2D eigenvalue weighted by Crippen LogP contribution is 2.40. The molecule has 10 heteroatoms. The van der Waals surface area contributed by atoms with Crippen molar-refractivity contribution in [2.24, 2.45) is 0 Å². The summed E-state index contributed by atoms with van der Waals surface area (Å²) in [4.78, 5) is 16.8. The van der Waals surface area contributed by atoms with Crippen molar-refractivity contribution in [3.63, 3.8) is 0 Å². The molecular formula is C25H30FN7O2. The van der Waals surface area contributed by atoms with Gasteiger partial charge in [-0.1, -0.05) is 13.8 Å². The molecule has 0 aromatic carbocycles. The second-order valence-corrected chi connectivity index (χ2v) is 9.81. The molecule has 0 amide bonds. The van der Waals surface area contributed by atoms with Crippen molar-refractivity contribution in [1.82, 2.24) is 29.5 Å².